The van der Waals surface area contributed by atoms with Crippen LogP contribution in [0.2, 0.25) is 0 Å². The number of nitrogens with zero attached hydrogens (tertiary/aromatic N) is 4. The van der Waals surface area contributed by atoms with Gasteiger partial charge in [-0.2, -0.15) is 5.10 Å². The lowest BCUT2D eigenvalue weighted by molar-refractivity contribution is 0.102. The Hall–Kier alpha value is -2.73. The number of pyridine rings is 1. The van der Waals surface area contributed by atoms with Crippen LogP contribution in [0.5, 0.6) is 0 Å². The van der Waals surface area contributed by atoms with Crippen LogP contribution in [0.3, 0.4) is 0 Å². The van der Waals surface area contributed by atoms with Gasteiger partial charge in [0.2, 0.25) is 0 Å². The minimum atomic E-state index is -0.151. The van der Waals surface area contributed by atoms with Crippen molar-refractivity contribution in [2.75, 3.05) is 11.9 Å². The highest BCUT2D eigenvalue weighted by atomic mass is 16.1. The third-order valence-electron chi connectivity index (χ3n) is 5.24. The number of aryl methyl sites for hydroxylation is 1. The quantitative estimate of drug-likeness (QED) is 0.768. The zero-order valence-electron chi connectivity index (χ0n) is 15.9. The van der Waals surface area contributed by atoms with Gasteiger partial charge in [-0.3, -0.25) is 9.69 Å². The second kappa shape index (κ2) is 7.48. The van der Waals surface area contributed by atoms with E-state index in [4.69, 9.17) is 0 Å². The number of piperidine rings is 1. The van der Waals surface area contributed by atoms with Crippen molar-refractivity contribution in [1.82, 2.24) is 19.5 Å². The van der Waals surface area contributed by atoms with Gasteiger partial charge in [0.05, 0.1) is 5.56 Å². The predicted octanol–water partition coefficient (Wildman–Crippen LogP) is 3.66. The Kier molecular flexibility index (Phi) is 4.90. The number of fused-ring (bicyclic) bond motifs is 1. The van der Waals surface area contributed by atoms with E-state index in [0.717, 1.165) is 17.9 Å². The first kappa shape index (κ1) is 17.7. The average molecular weight is 363 g/mol. The molecule has 0 aliphatic carbocycles. The summed E-state index contributed by atoms with van der Waals surface area (Å²) in [6.07, 6.45) is 5.61. The molecule has 1 amide bonds. The van der Waals surface area contributed by atoms with Crippen LogP contribution in [0.1, 0.15) is 47.9 Å². The third-order valence-corrected chi connectivity index (χ3v) is 5.24. The van der Waals surface area contributed by atoms with E-state index < -0.39 is 0 Å². The van der Waals surface area contributed by atoms with Crippen LogP contribution in [0.15, 0.2) is 42.6 Å². The number of amides is 1. The van der Waals surface area contributed by atoms with Crippen molar-refractivity contribution in [2.24, 2.45) is 0 Å². The van der Waals surface area contributed by atoms with E-state index in [1.165, 1.54) is 31.4 Å². The Bertz CT molecular complexity index is 947. The van der Waals surface area contributed by atoms with Gasteiger partial charge in [-0.05, 0) is 63.1 Å². The molecule has 0 spiro atoms. The van der Waals surface area contributed by atoms with Crippen LogP contribution in [0.4, 0.5) is 5.69 Å². The molecule has 1 saturated heterocycles. The number of anilines is 1. The summed E-state index contributed by atoms with van der Waals surface area (Å²) in [6.45, 7) is 6.28. The highest BCUT2D eigenvalue weighted by molar-refractivity contribution is 6.04. The van der Waals surface area contributed by atoms with Crippen LogP contribution < -0.4 is 5.32 Å². The van der Waals surface area contributed by atoms with Gasteiger partial charge < -0.3 is 5.32 Å². The maximum absolute atomic E-state index is 12.5. The van der Waals surface area contributed by atoms with E-state index >= 15 is 0 Å². The number of likely N-dealkylation sites (tertiary alicyclic amines) is 1. The second-order valence-corrected chi connectivity index (χ2v) is 7.35. The fraction of sp³-hybridized carbons (Fsp3) is 0.381. The van der Waals surface area contributed by atoms with Gasteiger partial charge in [-0.15, -0.1) is 0 Å². The van der Waals surface area contributed by atoms with Crippen LogP contribution >= 0.6 is 0 Å². The lowest BCUT2D eigenvalue weighted by Gasteiger charge is -2.33. The van der Waals surface area contributed by atoms with E-state index in [9.17, 15) is 4.79 Å². The topological polar surface area (TPSA) is 62.5 Å². The van der Waals surface area contributed by atoms with Gasteiger partial charge in [-0.1, -0.05) is 18.6 Å². The third kappa shape index (κ3) is 4.01. The molecule has 1 aliphatic heterocycles. The summed E-state index contributed by atoms with van der Waals surface area (Å²) in [5, 5.41) is 7.21. The molecule has 2 aromatic heterocycles. The number of rotatable bonds is 4. The van der Waals surface area contributed by atoms with Crippen LogP contribution in [0, 0.1) is 6.92 Å². The van der Waals surface area contributed by atoms with E-state index in [2.05, 4.69) is 39.4 Å². The van der Waals surface area contributed by atoms with Crippen molar-refractivity contribution < 1.29 is 4.79 Å². The molecule has 1 fully saturated rings. The van der Waals surface area contributed by atoms with Gasteiger partial charge in [0, 0.05) is 24.5 Å². The SMILES string of the molecule is Cc1nc2ccc(C(=O)Nc3ccc(CN4CCCCC4C)cc3)cn2n1. The fourth-order valence-corrected chi connectivity index (χ4v) is 3.65. The molecule has 4 rings (SSSR count). The van der Waals surface area contributed by atoms with Gasteiger partial charge in [-0.25, -0.2) is 9.50 Å². The molecule has 140 valence electrons. The summed E-state index contributed by atoms with van der Waals surface area (Å²) >= 11 is 0. The molecule has 1 atom stereocenters. The molecular weight excluding hydrogens is 338 g/mol. The van der Waals surface area contributed by atoms with E-state index in [-0.39, 0.29) is 5.91 Å². The van der Waals surface area contributed by atoms with Crippen LogP contribution in [-0.2, 0) is 6.54 Å². The summed E-state index contributed by atoms with van der Waals surface area (Å²) in [4.78, 5) is 19.3. The number of carbonyl (C=O) groups is 1. The Balaban J connectivity index is 1.41. The smallest absolute Gasteiger partial charge is 0.257 e. The minimum Gasteiger partial charge on any atom is -0.322 e. The molecule has 1 N–H and O–H groups in total. The first-order chi connectivity index (χ1) is 13.1. The maximum Gasteiger partial charge on any atom is 0.257 e. The fourth-order valence-electron chi connectivity index (χ4n) is 3.65. The van der Waals surface area contributed by atoms with E-state index in [1.54, 1.807) is 22.8 Å². The highest BCUT2D eigenvalue weighted by Gasteiger charge is 2.18. The molecule has 3 aromatic rings. The van der Waals surface area contributed by atoms with Crippen LogP contribution in [-0.4, -0.2) is 38.0 Å². The molecule has 1 unspecified atom stereocenters. The molecule has 27 heavy (non-hydrogen) atoms. The van der Waals surface area contributed by atoms with Gasteiger partial charge in [0.1, 0.15) is 5.82 Å². The van der Waals surface area contributed by atoms with Crippen molar-refractivity contribution in [2.45, 2.75) is 45.7 Å². The van der Waals surface area contributed by atoms with Gasteiger partial charge in [0.25, 0.3) is 5.91 Å². The number of hydrogen-bond acceptors (Lipinski definition) is 4. The molecule has 0 saturated carbocycles. The molecular formula is C21H25N5O. The van der Waals surface area contributed by atoms with Gasteiger partial charge >= 0.3 is 0 Å². The Labute approximate surface area is 159 Å². The molecule has 3 heterocycles. The van der Waals surface area contributed by atoms with E-state index in [1.807, 2.05) is 19.1 Å². The minimum absolute atomic E-state index is 0.151. The highest BCUT2D eigenvalue weighted by Crippen LogP contribution is 2.20. The molecule has 0 bridgehead atoms. The number of nitrogens with one attached hydrogen (secondary N) is 1. The Morgan fingerprint density at radius 1 is 1.19 bits per heavy atom. The first-order valence-corrected chi connectivity index (χ1v) is 9.56. The lowest BCUT2D eigenvalue weighted by Crippen LogP contribution is -2.36. The summed E-state index contributed by atoms with van der Waals surface area (Å²) < 4.78 is 1.63. The summed E-state index contributed by atoms with van der Waals surface area (Å²) in [6, 6.07) is 12.4. The first-order valence-electron chi connectivity index (χ1n) is 9.56. The zero-order valence-corrected chi connectivity index (χ0v) is 15.9. The molecule has 6 heteroatoms. The predicted molar refractivity (Wildman–Crippen MR) is 106 cm³/mol. The maximum atomic E-state index is 12.5. The van der Waals surface area contributed by atoms with Gasteiger partial charge in [0.15, 0.2) is 5.65 Å². The summed E-state index contributed by atoms with van der Waals surface area (Å²) in [5.41, 5.74) is 3.37. The summed E-state index contributed by atoms with van der Waals surface area (Å²) in [5.74, 6) is 0.536. The Morgan fingerprint density at radius 2 is 2.00 bits per heavy atom. The molecule has 1 aliphatic rings. The lowest BCUT2D eigenvalue weighted by atomic mass is 10.0. The summed E-state index contributed by atoms with van der Waals surface area (Å²) in [7, 11) is 0. The number of aromatic nitrogens is 3. The van der Waals surface area contributed by atoms with Crippen molar-refractivity contribution in [1.29, 1.82) is 0 Å². The van der Waals surface area contributed by atoms with Crippen molar-refractivity contribution >= 4 is 17.2 Å². The largest absolute Gasteiger partial charge is 0.322 e. The average Bonchev–Trinajstić information content (AvgIpc) is 3.04. The second-order valence-electron chi connectivity index (χ2n) is 7.35. The Morgan fingerprint density at radius 3 is 2.78 bits per heavy atom. The number of carbonyl (C=O) groups excluding carboxylic acids is 1. The van der Waals surface area contributed by atoms with Crippen molar-refractivity contribution in [3.05, 3.63) is 59.5 Å². The molecule has 1 aromatic carbocycles. The van der Waals surface area contributed by atoms with Crippen molar-refractivity contribution in [3.8, 4) is 0 Å². The normalized spacial score (nSPS) is 17.9. The van der Waals surface area contributed by atoms with Crippen molar-refractivity contribution in [3.63, 3.8) is 0 Å². The molecule has 6 nitrogen and oxygen atoms in total. The standard InChI is InChI=1S/C21H25N5O/c1-15-5-3-4-12-25(15)13-17-6-9-19(10-7-17)23-21(27)18-8-11-20-22-16(2)24-26(20)14-18/h6-11,14-15H,3-5,12-13H2,1-2H3,(H,23,27). The number of benzene rings is 1. The van der Waals surface area contributed by atoms with E-state index in [0.29, 0.717) is 17.4 Å². The zero-order chi connectivity index (χ0) is 18.8. The van der Waals surface area contributed by atoms with Crippen LogP contribution in [0.25, 0.3) is 5.65 Å². The monoisotopic (exact) mass is 363 g/mol. The number of hydrogen-bond donors (Lipinski definition) is 1. The molecule has 0 radical (unpaired) electrons.